The van der Waals surface area contributed by atoms with Crippen LogP contribution in [0.15, 0.2) is 5.38 Å². The highest BCUT2D eigenvalue weighted by molar-refractivity contribution is 7.03. The second-order valence-electron chi connectivity index (χ2n) is 7.36. The molecule has 0 saturated heterocycles. The van der Waals surface area contributed by atoms with Gasteiger partial charge in [0, 0.05) is 11.9 Å². The minimum Gasteiger partial charge on any atom is -0.388 e. The second kappa shape index (κ2) is 6.05. The topological polar surface area (TPSA) is 62.2 Å². The molecular formula is C16H26N2O2S. The lowest BCUT2D eigenvalue weighted by Crippen LogP contribution is -2.46. The molecule has 1 aliphatic carbocycles. The zero-order chi connectivity index (χ0) is 15.7. The zero-order valence-corrected chi connectivity index (χ0v) is 14.2. The number of nitrogens with zero attached hydrogens (tertiary/aromatic N) is 1. The molecule has 5 heteroatoms. The molecule has 1 heterocycles. The SMILES string of the molecule is Cc1nscc1C(=O)NCC1(O)CCC(C(C)(C)C)CC1. The highest BCUT2D eigenvalue weighted by Crippen LogP contribution is 2.41. The molecule has 118 valence electrons. The Hall–Kier alpha value is -0.940. The van der Waals surface area contributed by atoms with Crippen molar-refractivity contribution in [1.29, 1.82) is 0 Å². The van der Waals surface area contributed by atoms with Gasteiger partial charge in [-0.3, -0.25) is 4.79 Å². The molecule has 2 N–H and O–H groups in total. The van der Waals surface area contributed by atoms with Gasteiger partial charge in [0.25, 0.3) is 5.91 Å². The third-order valence-electron chi connectivity index (χ3n) is 4.71. The van der Waals surface area contributed by atoms with Gasteiger partial charge in [-0.15, -0.1) is 0 Å². The number of aryl methyl sites for hydroxylation is 1. The molecule has 0 aliphatic heterocycles. The maximum atomic E-state index is 12.1. The monoisotopic (exact) mass is 310 g/mol. The number of rotatable bonds is 3. The number of aliphatic hydroxyl groups is 1. The maximum Gasteiger partial charge on any atom is 0.254 e. The smallest absolute Gasteiger partial charge is 0.254 e. The molecule has 1 aliphatic rings. The summed E-state index contributed by atoms with van der Waals surface area (Å²) in [5.74, 6) is 0.518. The van der Waals surface area contributed by atoms with Crippen molar-refractivity contribution in [1.82, 2.24) is 9.69 Å². The highest BCUT2D eigenvalue weighted by Gasteiger charge is 2.37. The van der Waals surface area contributed by atoms with Crippen LogP contribution in [-0.4, -0.2) is 27.5 Å². The van der Waals surface area contributed by atoms with Gasteiger partial charge in [0.1, 0.15) is 0 Å². The van der Waals surface area contributed by atoms with E-state index in [1.165, 1.54) is 11.5 Å². The number of carbonyl (C=O) groups excluding carboxylic acids is 1. The summed E-state index contributed by atoms with van der Waals surface area (Å²) < 4.78 is 4.11. The van der Waals surface area contributed by atoms with Crippen molar-refractivity contribution in [2.75, 3.05) is 6.54 Å². The first-order valence-corrected chi connectivity index (χ1v) is 8.46. The summed E-state index contributed by atoms with van der Waals surface area (Å²) in [5.41, 5.74) is 0.909. The van der Waals surface area contributed by atoms with Crippen LogP contribution in [0.1, 0.15) is 62.5 Å². The standard InChI is InChI=1S/C16H26N2O2S/c1-11-13(9-21-18-11)14(19)17-10-16(20)7-5-12(6-8-16)15(2,3)4/h9,12,20H,5-8,10H2,1-4H3,(H,17,19). The Morgan fingerprint density at radius 1 is 1.48 bits per heavy atom. The van der Waals surface area contributed by atoms with E-state index >= 15 is 0 Å². The van der Waals surface area contributed by atoms with Crippen molar-refractivity contribution in [3.05, 3.63) is 16.6 Å². The van der Waals surface area contributed by atoms with Crippen LogP contribution < -0.4 is 5.32 Å². The van der Waals surface area contributed by atoms with Crippen molar-refractivity contribution < 1.29 is 9.90 Å². The zero-order valence-electron chi connectivity index (χ0n) is 13.4. The molecule has 0 aromatic carbocycles. The fraction of sp³-hybridized carbons (Fsp3) is 0.750. The number of aromatic nitrogens is 1. The lowest BCUT2D eigenvalue weighted by atomic mass is 9.68. The molecular weight excluding hydrogens is 284 g/mol. The van der Waals surface area contributed by atoms with Gasteiger partial charge in [0.05, 0.1) is 16.9 Å². The number of nitrogens with one attached hydrogen (secondary N) is 1. The lowest BCUT2D eigenvalue weighted by molar-refractivity contribution is -0.0228. The van der Waals surface area contributed by atoms with Crippen molar-refractivity contribution in [2.45, 2.75) is 59.0 Å². The fourth-order valence-electron chi connectivity index (χ4n) is 3.05. The highest BCUT2D eigenvalue weighted by atomic mass is 32.1. The molecule has 0 spiro atoms. The summed E-state index contributed by atoms with van der Waals surface area (Å²) in [7, 11) is 0. The maximum absolute atomic E-state index is 12.1. The summed E-state index contributed by atoms with van der Waals surface area (Å²) >= 11 is 1.28. The number of carbonyl (C=O) groups is 1. The van der Waals surface area contributed by atoms with Crippen LogP contribution >= 0.6 is 11.5 Å². The van der Waals surface area contributed by atoms with E-state index in [1.54, 1.807) is 5.38 Å². The number of hydrogen-bond acceptors (Lipinski definition) is 4. The molecule has 0 radical (unpaired) electrons. The molecule has 2 rings (SSSR count). The van der Waals surface area contributed by atoms with E-state index in [0.29, 0.717) is 23.4 Å². The first kappa shape index (κ1) is 16.4. The molecule has 0 bridgehead atoms. The van der Waals surface area contributed by atoms with E-state index in [1.807, 2.05) is 6.92 Å². The summed E-state index contributed by atoms with van der Waals surface area (Å²) in [6, 6.07) is 0. The molecule has 1 fully saturated rings. The van der Waals surface area contributed by atoms with Gasteiger partial charge in [-0.1, -0.05) is 20.8 Å². The fourth-order valence-corrected chi connectivity index (χ4v) is 3.74. The molecule has 0 atom stereocenters. The summed E-state index contributed by atoms with van der Waals surface area (Å²) in [6.45, 7) is 8.94. The van der Waals surface area contributed by atoms with Gasteiger partial charge >= 0.3 is 0 Å². The van der Waals surface area contributed by atoms with Crippen LogP contribution in [0.25, 0.3) is 0 Å². The van der Waals surface area contributed by atoms with Gasteiger partial charge in [-0.05, 0) is 55.5 Å². The van der Waals surface area contributed by atoms with Gasteiger partial charge in [0.15, 0.2) is 0 Å². The van der Waals surface area contributed by atoms with Crippen molar-refractivity contribution >= 4 is 17.4 Å². The van der Waals surface area contributed by atoms with Crippen LogP contribution in [-0.2, 0) is 0 Å². The normalized spacial score (nSPS) is 26.6. The van der Waals surface area contributed by atoms with Gasteiger partial charge in [-0.2, -0.15) is 4.37 Å². The Balaban J connectivity index is 1.87. The van der Waals surface area contributed by atoms with Crippen molar-refractivity contribution in [2.24, 2.45) is 11.3 Å². The average Bonchev–Trinajstić information content (AvgIpc) is 2.82. The molecule has 4 nitrogen and oxygen atoms in total. The Morgan fingerprint density at radius 2 is 2.10 bits per heavy atom. The van der Waals surface area contributed by atoms with E-state index < -0.39 is 5.60 Å². The number of hydrogen-bond donors (Lipinski definition) is 2. The molecule has 1 aromatic heterocycles. The minimum absolute atomic E-state index is 0.132. The number of amides is 1. The third-order valence-corrected chi connectivity index (χ3v) is 5.43. The molecule has 1 aromatic rings. The van der Waals surface area contributed by atoms with E-state index in [4.69, 9.17) is 0 Å². The van der Waals surface area contributed by atoms with Crippen molar-refractivity contribution in [3.63, 3.8) is 0 Å². The Labute approximate surface area is 131 Å². The Bertz CT molecular complexity index is 497. The summed E-state index contributed by atoms with van der Waals surface area (Å²) in [5, 5.41) is 15.3. The molecule has 0 unspecified atom stereocenters. The average molecular weight is 310 g/mol. The minimum atomic E-state index is -0.755. The second-order valence-corrected chi connectivity index (χ2v) is 7.99. The molecule has 1 amide bonds. The Kier molecular flexibility index (Phi) is 4.73. The lowest BCUT2D eigenvalue weighted by Gasteiger charge is -2.41. The van der Waals surface area contributed by atoms with Crippen molar-refractivity contribution in [3.8, 4) is 0 Å². The largest absolute Gasteiger partial charge is 0.388 e. The third kappa shape index (κ3) is 4.04. The van der Waals surface area contributed by atoms with Crippen LogP contribution in [0, 0.1) is 18.3 Å². The van der Waals surface area contributed by atoms with E-state index in [0.717, 1.165) is 31.4 Å². The predicted octanol–water partition coefficient (Wildman–Crippen LogP) is 3.15. The first-order chi connectivity index (χ1) is 9.71. The summed E-state index contributed by atoms with van der Waals surface area (Å²) in [6.07, 6.45) is 3.57. The molecule has 21 heavy (non-hydrogen) atoms. The van der Waals surface area contributed by atoms with Crippen LogP contribution in [0.5, 0.6) is 0 Å². The Morgan fingerprint density at radius 3 is 2.57 bits per heavy atom. The van der Waals surface area contributed by atoms with Crippen LogP contribution in [0.3, 0.4) is 0 Å². The van der Waals surface area contributed by atoms with Crippen LogP contribution in [0.2, 0.25) is 0 Å². The van der Waals surface area contributed by atoms with E-state index in [2.05, 4.69) is 30.5 Å². The van der Waals surface area contributed by atoms with Gasteiger partial charge < -0.3 is 10.4 Å². The van der Waals surface area contributed by atoms with Gasteiger partial charge in [0.2, 0.25) is 0 Å². The van der Waals surface area contributed by atoms with Crippen LogP contribution in [0.4, 0.5) is 0 Å². The summed E-state index contributed by atoms with van der Waals surface area (Å²) in [4.78, 5) is 12.1. The van der Waals surface area contributed by atoms with E-state index in [-0.39, 0.29) is 5.91 Å². The quantitative estimate of drug-likeness (QED) is 0.901. The first-order valence-electron chi connectivity index (χ1n) is 7.63. The predicted molar refractivity (Wildman–Crippen MR) is 85.5 cm³/mol. The van der Waals surface area contributed by atoms with E-state index in [9.17, 15) is 9.90 Å². The molecule has 1 saturated carbocycles. The van der Waals surface area contributed by atoms with Gasteiger partial charge in [-0.25, -0.2) is 0 Å².